The molecule has 0 aliphatic rings. The third-order valence-corrected chi connectivity index (χ3v) is 2.57. The first-order valence-electron chi connectivity index (χ1n) is 3.57. The summed E-state index contributed by atoms with van der Waals surface area (Å²) in [6, 6.07) is 1.89. The fraction of sp³-hybridized carbons (Fsp3) is 0. The maximum Gasteiger partial charge on any atom is 0.0818 e. The monoisotopic (exact) mass is 301 g/mol. The fourth-order valence-corrected chi connectivity index (χ4v) is 1.70. The van der Waals surface area contributed by atoms with Gasteiger partial charge in [-0.2, -0.15) is 5.10 Å². The number of hydrogen-bond acceptors (Lipinski definition) is 2. The zero-order valence-electron chi connectivity index (χ0n) is 6.48. The zero-order chi connectivity index (χ0) is 9.26. The number of halogens is 2. The second-order valence-electron chi connectivity index (χ2n) is 2.43. The molecule has 0 unspecified atom stereocenters. The molecule has 2 rings (SSSR count). The molecule has 0 amide bonds. The van der Waals surface area contributed by atoms with Crippen LogP contribution in [0.15, 0.2) is 39.8 Å². The Morgan fingerprint density at radius 1 is 1.23 bits per heavy atom. The van der Waals surface area contributed by atoms with E-state index in [0.717, 1.165) is 14.6 Å². The molecule has 13 heavy (non-hydrogen) atoms. The lowest BCUT2D eigenvalue weighted by Crippen LogP contribution is -1.95. The highest BCUT2D eigenvalue weighted by molar-refractivity contribution is 9.10. The Hall–Kier alpha value is -0.680. The fourth-order valence-electron chi connectivity index (χ4n) is 0.986. The third kappa shape index (κ3) is 1.81. The van der Waals surface area contributed by atoms with Crippen LogP contribution in [-0.4, -0.2) is 14.8 Å². The van der Waals surface area contributed by atoms with Crippen molar-refractivity contribution in [1.82, 2.24) is 14.8 Å². The highest BCUT2D eigenvalue weighted by Crippen LogP contribution is 2.19. The van der Waals surface area contributed by atoms with Crippen LogP contribution in [0.5, 0.6) is 0 Å². The van der Waals surface area contributed by atoms with E-state index in [4.69, 9.17) is 0 Å². The first-order valence-corrected chi connectivity index (χ1v) is 5.16. The van der Waals surface area contributed by atoms with Crippen LogP contribution in [0, 0.1) is 0 Å². The van der Waals surface area contributed by atoms with E-state index >= 15 is 0 Å². The lowest BCUT2D eigenvalue weighted by atomic mass is 10.4. The molecule has 0 radical (unpaired) electrons. The van der Waals surface area contributed by atoms with Gasteiger partial charge < -0.3 is 0 Å². The van der Waals surface area contributed by atoms with Crippen LogP contribution in [0.1, 0.15) is 0 Å². The number of rotatable bonds is 1. The van der Waals surface area contributed by atoms with Gasteiger partial charge in [0.05, 0.1) is 20.8 Å². The Balaban J connectivity index is 2.52. The summed E-state index contributed by atoms with van der Waals surface area (Å²) in [6.07, 6.45) is 7.10. The van der Waals surface area contributed by atoms with Gasteiger partial charge in [-0.15, -0.1) is 0 Å². The van der Waals surface area contributed by atoms with E-state index in [1.165, 1.54) is 0 Å². The van der Waals surface area contributed by atoms with Crippen molar-refractivity contribution in [3.63, 3.8) is 0 Å². The maximum absolute atomic E-state index is 4.16. The number of aromatic nitrogens is 3. The Labute approximate surface area is 92.1 Å². The van der Waals surface area contributed by atoms with Gasteiger partial charge in [-0.25, -0.2) is 4.68 Å². The summed E-state index contributed by atoms with van der Waals surface area (Å²) in [5, 5.41) is 4.16. The lowest BCUT2D eigenvalue weighted by Gasteiger charge is -2.01. The van der Waals surface area contributed by atoms with Gasteiger partial charge >= 0.3 is 0 Å². The zero-order valence-corrected chi connectivity index (χ0v) is 9.66. The molecule has 5 heteroatoms. The van der Waals surface area contributed by atoms with Crippen molar-refractivity contribution in [3.8, 4) is 5.69 Å². The van der Waals surface area contributed by atoms with Crippen LogP contribution in [0.4, 0.5) is 0 Å². The van der Waals surface area contributed by atoms with Crippen molar-refractivity contribution < 1.29 is 0 Å². The van der Waals surface area contributed by atoms with Gasteiger partial charge in [0, 0.05) is 18.6 Å². The molecule has 0 aromatic carbocycles. The summed E-state index contributed by atoms with van der Waals surface area (Å²) in [6.45, 7) is 0. The molecule has 3 nitrogen and oxygen atoms in total. The summed E-state index contributed by atoms with van der Waals surface area (Å²) in [5.74, 6) is 0. The Morgan fingerprint density at radius 3 is 2.69 bits per heavy atom. The van der Waals surface area contributed by atoms with Crippen LogP contribution in [0.2, 0.25) is 0 Å². The summed E-state index contributed by atoms with van der Waals surface area (Å²) >= 11 is 6.74. The molecule has 0 N–H and O–H groups in total. The van der Waals surface area contributed by atoms with E-state index in [0.29, 0.717) is 0 Å². The Morgan fingerprint density at radius 2 is 2.08 bits per heavy atom. The normalized spacial score (nSPS) is 10.3. The predicted octanol–water partition coefficient (Wildman–Crippen LogP) is 2.79. The smallest absolute Gasteiger partial charge is 0.0818 e. The van der Waals surface area contributed by atoms with E-state index in [1.807, 2.05) is 12.3 Å². The van der Waals surface area contributed by atoms with Crippen molar-refractivity contribution >= 4 is 31.9 Å². The maximum atomic E-state index is 4.16. The van der Waals surface area contributed by atoms with Gasteiger partial charge in [0.1, 0.15) is 0 Å². The average molecular weight is 303 g/mol. The quantitative estimate of drug-likeness (QED) is 0.811. The van der Waals surface area contributed by atoms with Crippen molar-refractivity contribution in [2.75, 3.05) is 0 Å². The molecule has 66 valence electrons. The van der Waals surface area contributed by atoms with Crippen LogP contribution in [-0.2, 0) is 0 Å². The van der Waals surface area contributed by atoms with Gasteiger partial charge in [-0.05, 0) is 37.9 Å². The van der Waals surface area contributed by atoms with Gasteiger partial charge in [0.2, 0.25) is 0 Å². The average Bonchev–Trinajstić information content (AvgIpc) is 2.53. The van der Waals surface area contributed by atoms with E-state index in [9.17, 15) is 0 Å². The largest absolute Gasteiger partial charge is 0.263 e. The highest BCUT2D eigenvalue weighted by atomic mass is 79.9. The molecule has 0 aliphatic heterocycles. The third-order valence-electron chi connectivity index (χ3n) is 1.55. The van der Waals surface area contributed by atoms with Crippen LogP contribution < -0.4 is 0 Å². The van der Waals surface area contributed by atoms with Crippen molar-refractivity contribution in [3.05, 3.63) is 39.8 Å². The lowest BCUT2D eigenvalue weighted by molar-refractivity contribution is 0.872. The minimum Gasteiger partial charge on any atom is -0.263 e. The van der Waals surface area contributed by atoms with E-state index in [1.54, 1.807) is 23.3 Å². The number of pyridine rings is 1. The standard InChI is InChI=1S/C8H5Br2N3/c9-6-3-12-13(5-6)8-1-2-11-4-7(8)10/h1-5H. The number of nitrogens with zero attached hydrogens (tertiary/aromatic N) is 3. The van der Waals surface area contributed by atoms with Gasteiger partial charge in [0.25, 0.3) is 0 Å². The van der Waals surface area contributed by atoms with Crippen molar-refractivity contribution in [2.24, 2.45) is 0 Å². The highest BCUT2D eigenvalue weighted by Gasteiger charge is 2.02. The molecule has 2 heterocycles. The Kier molecular flexibility index (Phi) is 2.46. The summed E-state index contributed by atoms with van der Waals surface area (Å²) < 4.78 is 3.65. The molecular formula is C8H5Br2N3. The van der Waals surface area contributed by atoms with Gasteiger partial charge in [0.15, 0.2) is 0 Å². The second-order valence-corrected chi connectivity index (χ2v) is 4.20. The first kappa shape index (κ1) is 8.90. The summed E-state index contributed by atoms with van der Waals surface area (Å²) in [7, 11) is 0. The molecule has 2 aromatic rings. The van der Waals surface area contributed by atoms with Crippen LogP contribution in [0.25, 0.3) is 5.69 Å². The molecule has 0 fully saturated rings. The van der Waals surface area contributed by atoms with Gasteiger partial charge in [-0.1, -0.05) is 0 Å². The molecule has 0 saturated heterocycles. The first-order chi connectivity index (χ1) is 6.27. The van der Waals surface area contributed by atoms with Crippen molar-refractivity contribution in [2.45, 2.75) is 0 Å². The number of hydrogen-bond donors (Lipinski definition) is 0. The molecule has 0 saturated carbocycles. The Bertz CT molecular complexity index is 425. The van der Waals surface area contributed by atoms with Crippen LogP contribution >= 0.6 is 31.9 Å². The summed E-state index contributed by atoms with van der Waals surface area (Å²) in [4.78, 5) is 3.98. The minimum absolute atomic E-state index is 0.922. The SMILES string of the molecule is Brc1cnn(-c2ccncc2Br)c1. The predicted molar refractivity (Wildman–Crippen MR) is 56.8 cm³/mol. The molecule has 0 spiro atoms. The molecule has 0 aliphatic carbocycles. The van der Waals surface area contributed by atoms with Crippen molar-refractivity contribution in [1.29, 1.82) is 0 Å². The topological polar surface area (TPSA) is 30.7 Å². The molecule has 2 aromatic heterocycles. The minimum atomic E-state index is 0.922. The van der Waals surface area contributed by atoms with E-state index < -0.39 is 0 Å². The van der Waals surface area contributed by atoms with E-state index in [2.05, 4.69) is 41.9 Å². The molecule has 0 bridgehead atoms. The molecule has 0 atom stereocenters. The molecular weight excluding hydrogens is 298 g/mol. The second kappa shape index (κ2) is 3.59. The van der Waals surface area contributed by atoms with E-state index in [-0.39, 0.29) is 0 Å². The summed E-state index contributed by atoms with van der Waals surface area (Å²) in [5.41, 5.74) is 0.973. The van der Waals surface area contributed by atoms with Crippen LogP contribution in [0.3, 0.4) is 0 Å². The van der Waals surface area contributed by atoms with Gasteiger partial charge in [-0.3, -0.25) is 4.98 Å².